The minimum absolute atomic E-state index is 0.0441. The number of hydrogen-bond donors (Lipinski definition) is 0. The van der Waals surface area contributed by atoms with Gasteiger partial charge in [-0.25, -0.2) is 17.6 Å². The van der Waals surface area contributed by atoms with E-state index in [0.717, 1.165) is 36.4 Å². The third-order valence-electron chi connectivity index (χ3n) is 2.78. The second kappa shape index (κ2) is 5.95. The van der Waals surface area contributed by atoms with Gasteiger partial charge in [-0.3, -0.25) is 4.79 Å². The lowest BCUT2D eigenvalue weighted by molar-refractivity contribution is 0.0817. The molecule has 0 saturated heterocycles. The zero-order chi connectivity index (χ0) is 15.6. The Balaban J connectivity index is 2.15. The largest absolute Gasteiger partial charge is 0.482 e. The summed E-state index contributed by atoms with van der Waals surface area (Å²) in [5.74, 6) is -5.03. The van der Waals surface area contributed by atoms with Gasteiger partial charge >= 0.3 is 0 Å². The van der Waals surface area contributed by atoms with Crippen molar-refractivity contribution in [3.05, 3.63) is 65.2 Å². The highest BCUT2D eigenvalue weighted by molar-refractivity contribution is 5.99. The van der Waals surface area contributed by atoms with Crippen molar-refractivity contribution in [3.8, 4) is 5.75 Å². The fourth-order valence-corrected chi connectivity index (χ4v) is 1.69. The van der Waals surface area contributed by atoms with Crippen molar-refractivity contribution in [2.75, 3.05) is 0 Å². The molecule has 0 bridgehead atoms. The molecule has 2 aromatic carbocycles. The van der Waals surface area contributed by atoms with Crippen LogP contribution in [0.4, 0.5) is 17.6 Å². The number of benzene rings is 2. The average molecular weight is 298 g/mol. The Labute approximate surface area is 118 Å². The van der Waals surface area contributed by atoms with Gasteiger partial charge < -0.3 is 4.74 Å². The maximum Gasteiger partial charge on any atom is 0.203 e. The number of hydrogen-bond acceptors (Lipinski definition) is 2. The molecule has 0 aliphatic rings. The van der Waals surface area contributed by atoms with Gasteiger partial charge in [-0.1, -0.05) is 0 Å². The first kappa shape index (κ1) is 15.0. The normalized spacial score (nSPS) is 12.0. The minimum Gasteiger partial charge on any atom is -0.482 e. The molecule has 0 spiro atoms. The SMILES string of the molecule is CC(Oc1ccc(F)c(F)c1)C(=O)c1ccc(F)c(F)c1. The van der Waals surface area contributed by atoms with Crippen LogP contribution in [0.2, 0.25) is 0 Å². The third-order valence-corrected chi connectivity index (χ3v) is 2.78. The van der Waals surface area contributed by atoms with E-state index in [1.54, 1.807) is 0 Å². The molecule has 1 atom stereocenters. The molecule has 0 N–H and O–H groups in total. The zero-order valence-corrected chi connectivity index (χ0v) is 10.9. The summed E-state index contributed by atoms with van der Waals surface area (Å²) in [7, 11) is 0. The zero-order valence-electron chi connectivity index (χ0n) is 10.9. The lowest BCUT2D eigenvalue weighted by Gasteiger charge is -2.14. The Hall–Kier alpha value is -2.37. The number of rotatable bonds is 4. The molecule has 0 aliphatic carbocycles. The second-order valence-electron chi connectivity index (χ2n) is 4.33. The van der Waals surface area contributed by atoms with Gasteiger partial charge in [-0.15, -0.1) is 0 Å². The molecule has 2 rings (SSSR count). The number of ketones is 1. The number of halogens is 4. The first-order valence-corrected chi connectivity index (χ1v) is 5.99. The number of carbonyl (C=O) groups excluding carboxylic acids is 1. The van der Waals surface area contributed by atoms with Gasteiger partial charge in [-0.05, 0) is 37.3 Å². The fraction of sp³-hybridized carbons (Fsp3) is 0.133. The van der Waals surface area contributed by atoms with Crippen LogP contribution in [-0.2, 0) is 0 Å². The summed E-state index contributed by atoms with van der Waals surface area (Å²) in [4.78, 5) is 12.0. The van der Waals surface area contributed by atoms with Crippen molar-refractivity contribution in [1.29, 1.82) is 0 Å². The highest BCUT2D eigenvalue weighted by Gasteiger charge is 2.19. The highest BCUT2D eigenvalue weighted by atomic mass is 19.2. The Morgan fingerprint density at radius 3 is 2.05 bits per heavy atom. The molecule has 21 heavy (non-hydrogen) atoms. The van der Waals surface area contributed by atoms with Crippen LogP contribution in [0, 0.1) is 23.3 Å². The quantitative estimate of drug-likeness (QED) is 0.632. The van der Waals surface area contributed by atoms with E-state index in [-0.39, 0.29) is 11.3 Å². The van der Waals surface area contributed by atoms with Crippen molar-refractivity contribution in [1.82, 2.24) is 0 Å². The molecular weight excluding hydrogens is 288 g/mol. The summed E-state index contributed by atoms with van der Waals surface area (Å²) < 4.78 is 56.8. The first-order valence-electron chi connectivity index (χ1n) is 5.99. The molecule has 1 unspecified atom stereocenters. The van der Waals surface area contributed by atoms with E-state index in [1.807, 2.05) is 0 Å². The van der Waals surface area contributed by atoms with Crippen LogP contribution in [0.5, 0.6) is 5.75 Å². The number of ether oxygens (including phenoxy) is 1. The predicted molar refractivity (Wildman–Crippen MR) is 67.1 cm³/mol. The maximum atomic E-state index is 13.1. The molecule has 0 radical (unpaired) electrons. The maximum absolute atomic E-state index is 13.1. The van der Waals surface area contributed by atoms with Crippen molar-refractivity contribution < 1.29 is 27.1 Å². The summed E-state index contributed by atoms with van der Waals surface area (Å²) in [6, 6.07) is 5.51. The van der Waals surface area contributed by atoms with E-state index < -0.39 is 35.2 Å². The van der Waals surface area contributed by atoms with Crippen LogP contribution in [0.15, 0.2) is 36.4 Å². The van der Waals surface area contributed by atoms with Crippen molar-refractivity contribution >= 4 is 5.78 Å². The van der Waals surface area contributed by atoms with E-state index in [9.17, 15) is 22.4 Å². The minimum atomic E-state index is -1.15. The molecule has 0 saturated carbocycles. The molecule has 0 amide bonds. The topological polar surface area (TPSA) is 26.3 Å². The van der Waals surface area contributed by atoms with Gasteiger partial charge in [0.05, 0.1) is 0 Å². The van der Waals surface area contributed by atoms with Crippen LogP contribution in [0.3, 0.4) is 0 Å². The molecule has 0 heterocycles. The standard InChI is InChI=1S/C15H10F4O2/c1-8(21-10-3-5-12(17)14(19)7-10)15(20)9-2-4-11(16)13(18)6-9/h2-8H,1H3. The molecule has 110 valence electrons. The summed E-state index contributed by atoms with van der Waals surface area (Å²) in [6.07, 6.45) is -1.07. The Kier molecular flexibility index (Phi) is 4.26. The van der Waals surface area contributed by atoms with Crippen molar-refractivity contribution in [2.45, 2.75) is 13.0 Å². The van der Waals surface area contributed by atoms with Crippen LogP contribution in [0.1, 0.15) is 17.3 Å². The van der Waals surface area contributed by atoms with Gasteiger partial charge in [-0.2, -0.15) is 0 Å². The lowest BCUT2D eigenvalue weighted by atomic mass is 10.1. The average Bonchev–Trinajstić information content (AvgIpc) is 2.45. The van der Waals surface area contributed by atoms with E-state index in [0.29, 0.717) is 0 Å². The summed E-state index contributed by atoms with van der Waals surface area (Å²) in [6.45, 7) is 1.37. The second-order valence-corrected chi connectivity index (χ2v) is 4.33. The molecule has 6 heteroatoms. The Morgan fingerprint density at radius 2 is 1.48 bits per heavy atom. The van der Waals surface area contributed by atoms with Crippen molar-refractivity contribution in [2.24, 2.45) is 0 Å². The molecule has 0 aromatic heterocycles. The predicted octanol–water partition coefficient (Wildman–Crippen LogP) is 3.89. The first-order chi connectivity index (χ1) is 9.88. The highest BCUT2D eigenvalue weighted by Crippen LogP contribution is 2.18. The molecule has 2 aromatic rings. The molecular formula is C15H10F4O2. The summed E-state index contributed by atoms with van der Waals surface area (Å²) in [5.41, 5.74) is -0.0796. The van der Waals surface area contributed by atoms with E-state index in [4.69, 9.17) is 4.74 Å². The van der Waals surface area contributed by atoms with Crippen LogP contribution < -0.4 is 4.74 Å². The van der Waals surface area contributed by atoms with Crippen LogP contribution >= 0.6 is 0 Å². The molecule has 0 aliphatic heterocycles. The summed E-state index contributed by atoms with van der Waals surface area (Å²) >= 11 is 0. The van der Waals surface area contributed by atoms with Crippen LogP contribution in [-0.4, -0.2) is 11.9 Å². The van der Waals surface area contributed by atoms with E-state index in [1.165, 1.54) is 6.92 Å². The van der Waals surface area contributed by atoms with E-state index in [2.05, 4.69) is 0 Å². The monoisotopic (exact) mass is 298 g/mol. The molecule has 2 nitrogen and oxygen atoms in total. The van der Waals surface area contributed by atoms with Gasteiger partial charge in [0.15, 0.2) is 29.4 Å². The van der Waals surface area contributed by atoms with Gasteiger partial charge in [0.1, 0.15) is 5.75 Å². The molecule has 0 fully saturated rings. The van der Waals surface area contributed by atoms with Crippen molar-refractivity contribution in [3.63, 3.8) is 0 Å². The number of Topliss-reactive ketones (excluding diaryl/α,β-unsaturated/α-hetero) is 1. The Bertz CT molecular complexity index is 685. The van der Waals surface area contributed by atoms with Crippen LogP contribution in [0.25, 0.3) is 0 Å². The third kappa shape index (κ3) is 3.39. The fourth-order valence-electron chi connectivity index (χ4n) is 1.69. The van der Waals surface area contributed by atoms with Gasteiger partial charge in [0, 0.05) is 11.6 Å². The Morgan fingerprint density at radius 1 is 0.905 bits per heavy atom. The lowest BCUT2D eigenvalue weighted by Crippen LogP contribution is -2.24. The summed E-state index contributed by atoms with van der Waals surface area (Å²) in [5, 5.41) is 0. The van der Waals surface area contributed by atoms with E-state index >= 15 is 0 Å². The van der Waals surface area contributed by atoms with Gasteiger partial charge in [0.2, 0.25) is 5.78 Å². The smallest absolute Gasteiger partial charge is 0.203 e. The number of carbonyl (C=O) groups is 1. The van der Waals surface area contributed by atoms with Gasteiger partial charge in [0.25, 0.3) is 0 Å².